The summed E-state index contributed by atoms with van der Waals surface area (Å²) in [4.78, 5) is 21.8. The van der Waals surface area contributed by atoms with Crippen molar-refractivity contribution >= 4 is 17.5 Å². The van der Waals surface area contributed by atoms with Gasteiger partial charge in [0.25, 0.3) is 0 Å². The van der Waals surface area contributed by atoms with Gasteiger partial charge in [-0.3, -0.25) is 10.1 Å². The number of nitrogens with one attached hydrogen (secondary N) is 1. The third kappa shape index (κ3) is 2.67. The van der Waals surface area contributed by atoms with Gasteiger partial charge < -0.3 is 10.4 Å². The van der Waals surface area contributed by atoms with E-state index in [9.17, 15) is 20.0 Å². The second kappa shape index (κ2) is 5.25. The number of anilines is 1. The fourth-order valence-corrected chi connectivity index (χ4v) is 1.70. The summed E-state index contributed by atoms with van der Waals surface area (Å²) in [7, 11) is 0. The molecule has 1 rings (SSSR count). The van der Waals surface area contributed by atoms with E-state index in [-0.39, 0.29) is 23.6 Å². The van der Waals surface area contributed by atoms with Crippen LogP contribution < -0.4 is 5.32 Å². The predicted molar refractivity (Wildman–Crippen MR) is 69.2 cm³/mol. The molecular weight excluding hydrogens is 252 g/mol. The highest BCUT2D eigenvalue weighted by Crippen LogP contribution is 2.31. The normalized spacial score (nSPS) is 13.9. The number of nitrogens with zero attached hydrogens (tertiary/aromatic N) is 3. The van der Waals surface area contributed by atoms with E-state index < -0.39 is 16.4 Å². The Hall–Kier alpha value is -2.12. The van der Waals surface area contributed by atoms with E-state index >= 15 is 0 Å². The lowest BCUT2D eigenvalue weighted by Crippen LogP contribution is -2.43. The zero-order valence-electron chi connectivity index (χ0n) is 11.4. The van der Waals surface area contributed by atoms with Crippen molar-refractivity contribution in [2.45, 2.75) is 46.2 Å². The van der Waals surface area contributed by atoms with Crippen LogP contribution in [0, 0.1) is 17.0 Å². The Kier molecular flexibility index (Phi) is 4.13. The largest absolute Gasteiger partial charge is 0.480 e. The molecule has 8 heteroatoms. The first-order valence-corrected chi connectivity index (χ1v) is 6.00. The van der Waals surface area contributed by atoms with Crippen LogP contribution in [-0.4, -0.2) is 31.3 Å². The predicted octanol–water partition coefficient (Wildman–Crippen LogP) is 1.78. The van der Waals surface area contributed by atoms with Gasteiger partial charge in [0.15, 0.2) is 0 Å². The summed E-state index contributed by atoms with van der Waals surface area (Å²) in [5, 5.41) is 27.1. The third-order valence-electron chi connectivity index (χ3n) is 3.15. The van der Waals surface area contributed by atoms with Crippen LogP contribution in [0.15, 0.2) is 0 Å². The number of hydrogen-bond acceptors (Lipinski definition) is 5. The lowest BCUT2D eigenvalue weighted by Gasteiger charge is -2.25. The standard InChI is InChI=1S/C11H18N4O4/c1-5-11(4,10(16)17)12-9-8(15(18)19)7(3)13-14(9)6-2/h12H,5-6H2,1-4H3,(H,16,17). The fraction of sp³-hybridized carbons (Fsp3) is 0.636. The van der Waals surface area contributed by atoms with Crippen LogP contribution in [-0.2, 0) is 11.3 Å². The molecule has 1 aromatic rings. The summed E-state index contributed by atoms with van der Waals surface area (Å²) in [5.41, 5.74) is -1.19. The molecule has 0 aliphatic heterocycles. The minimum atomic E-state index is -1.27. The zero-order chi connectivity index (χ0) is 14.8. The number of carbonyl (C=O) groups is 1. The van der Waals surface area contributed by atoms with Crippen LogP contribution in [0.3, 0.4) is 0 Å². The van der Waals surface area contributed by atoms with E-state index in [1.54, 1.807) is 13.8 Å². The van der Waals surface area contributed by atoms with Gasteiger partial charge in [-0.1, -0.05) is 6.92 Å². The zero-order valence-corrected chi connectivity index (χ0v) is 11.4. The Labute approximate surface area is 110 Å². The first-order chi connectivity index (χ1) is 8.76. The second-order valence-corrected chi connectivity index (χ2v) is 4.47. The smallest absolute Gasteiger partial charge is 0.333 e. The van der Waals surface area contributed by atoms with E-state index in [1.807, 2.05) is 0 Å². The summed E-state index contributed by atoms with van der Waals surface area (Å²) in [6.07, 6.45) is 0.285. The molecule has 0 spiro atoms. The van der Waals surface area contributed by atoms with Crippen LogP contribution in [0.2, 0.25) is 0 Å². The molecule has 106 valence electrons. The van der Waals surface area contributed by atoms with Gasteiger partial charge in [-0.05, 0) is 27.2 Å². The third-order valence-corrected chi connectivity index (χ3v) is 3.15. The van der Waals surface area contributed by atoms with E-state index in [0.717, 1.165) is 0 Å². The monoisotopic (exact) mass is 270 g/mol. The maximum Gasteiger partial charge on any atom is 0.333 e. The van der Waals surface area contributed by atoms with Gasteiger partial charge in [-0.2, -0.15) is 5.10 Å². The van der Waals surface area contributed by atoms with Crippen LogP contribution >= 0.6 is 0 Å². The van der Waals surface area contributed by atoms with Crippen molar-refractivity contribution in [1.82, 2.24) is 9.78 Å². The van der Waals surface area contributed by atoms with Crippen molar-refractivity contribution in [3.63, 3.8) is 0 Å². The molecular formula is C11H18N4O4. The Bertz CT molecular complexity index is 511. The van der Waals surface area contributed by atoms with Crippen molar-refractivity contribution in [1.29, 1.82) is 0 Å². The van der Waals surface area contributed by atoms with Gasteiger partial charge in [0.05, 0.1) is 4.92 Å². The van der Waals surface area contributed by atoms with Crippen LogP contribution in [0.4, 0.5) is 11.5 Å². The van der Waals surface area contributed by atoms with Gasteiger partial charge >= 0.3 is 11.7 Å². The molecule has 0 saturated carbocycles. The molecule has 0 radical (unpaired) electrons. The summed E-state index contributed by atoms with van der Waals surface area (Å²) in [5.74, 6) is -0.928. The molecule has 8 nitrogen and oxygen atoms in total. The van der Waals surface area contributed by atoms with Crippen molar-refractivity contribution in [2.24, 2.45) is 0 Å². The number of aliphatic carboxylic acids is 1. The first-order valence-electron chi connectivity index (χ1n) is 6.00. The Morgan fingerprint density at radius 2 is 2.16 bits per heavy atom. The molecule has 0 aliphatic carbocycles. The Morgan fingerprint density at radius 3 is 2.53 bits per heavy atom. The average molecular weight is 270 g/mol. The molecule has 1 heterocycles. The second-order valence-electron chi connectivity index (χ2n) is 4.47. The molecule has 2 N–H and O–H groups in total. The highest BCUT2D eigenvalue weighted by Gasteiger charge is 2.36. The van der Waals surface area contributed by atoms with Gasteiger partial charge in [0.2, 0.25) is 5.82 Å². The van der Waals surface area contributed by atoms with Gasteiger partial charge in [-0.25, -0.2) is 9.48 Å². The number of hydrogen-bond donors (Lipinski definition) is 2. The minimum Gasteiger partial charge on any atom is -0.480 e. The summed E-state index contributed by atoms with van der Waals surface area (Å²) in [6.45, 7) is 6.91. The molecule has 0 aromatic carbocycles. The van der Waals surface area contributed by atoms with Gasteiger partial charge in [-0.15, -0.1) is 0 Å². The SMILES string of the molecule is CCn1nc(C)c([N+](=O)[O-])c1NC(C)(CC)C(=O)O. The molecule has 0 fully saturated rings. The van der Waals surface area contributed by atoms with Crippen LogP contribution in [0.5, 0.6) is 0 Å². The number of aryl methyl sites for hydroxylation is 2. The molecule has 0 saturated heterocycles. The molecule has 0 bridgehead atoms. The van der Waals surface area contributed by atoms with Crippen molar-refractivity contribution < 1.29 is 14.8 Å². The average Bonchev–Trinajstić information content (AvgIpc) is 2.64. The lowest BCUT2D eigenvalue weighted by molar-refractivity contribution is -0.384. The number of carboxylic acid groups (broad SMARTS) is 1. The van der Waals surface area contributed by atoms with E-state index in [2.05, 4.69) is 10.4 Å². The van der Waals surface area contributed by atoms with E-state index in [1.165, 1.54) is 18.5 Å². The van der Waals surface area contributed by atoms with E-state index in [0.29, 0.717) is 6.54 Å². The van der Waals surface area contributed by atoms with E-state index in [4.69, 9.17) is 0 Å². The Balaban J connectivity index is 3.33. The van der Waals surface area contributed by atoms with Crippen molar-refractivity contribution in [3.05, 3.63) is 15.8 Å². The molecule has 1 unspecified atom stereocenters. The fourth-order valence-electron chi connectivity index (χ4n) is 1.70. The van der Waals surface area contributed by atoms with Crippen molar-refractivity contribution in [2.75, 3.05) is 5.32 Å². The summed E-state index contributed by atoms with van der Waals surface area (Å²) >= 11 is 0. The first kappa shape index (κ1) is 14.9. The maximum absolute atomic E-state index is 11.3. The summed E-state index contributed by atoms with van der Waals surface area (Å²) < 4.78 is 1.41. The highest BCUT2D eigenvalue weighted by molar-refractivity contribution is 5.83. The van der Waals surface area contributed by atoms with Gasteiger partial charge in [0, 0.05) is 6.54 Å². The number of nitro groups is 1. The quantitative estimate of drug-likeness (QED) is 0.602. The number of rotatable bonds is 6. The molecule has 0 aliphatic rings. The molecule has 1 aromatic heterocycles. The molecule has 1 atom stereocenters. The molecule has 19 heavy (non-hydrogen) atoms. The molecule has 0 amide bonds. The lowest BCUT2D eigenvalue weighted by atomic mass is 9.99. The maximum atomic E-state index is 11.3. The highest BCUT2D eigenvalue weighted by atomic mass is 16.6. The van der Waals surface area contributed by atoms with Crippen molar-refractivity contribution in [3.8, 4) is 0 Å². The van der Waals surface area contributed by atoms with Gasteiger partial charge in [0.1, 0.15) is 11.2 Å². The summed E-state index contributed by atoms with van der Waals surface area (Å²) in [6, 6.07) is 0. The number of carboxylic acids is 1. The number of aromatic nitrogens is 2. The Morgan fingerprint density at radius 1 is 1.58 bits per heavy atom. The minimum absolute atomic E-state index is 0.136. The van der Waals surface area contributed by atoms with Crippen LogP contribution in [0.1, 0.15) is 32.9 Å². The topological polar surface area (TPSA) is 110 Å². The van der Waals surface area contributed by atoms with Crippen LogP contribution in [0.25, 0.3) is 0 Å².